The lowest BCUT2D eigenvalue weighted by Crippen LogP contribution is -1.93. The number of unbranched alkanes of at least 4 members (excludes halogenated alkanes) is 3. The molecule has 3 heteroatoms. The van der Waals surface area contributed by atoms with E-state index in [0.717, 1.165) is 23.1 Å². The van der Waals surface area contributed by atoms with Crippen molar-refractivity contribution in [3.63, 3.8) is 0 Å². The first-order chi connectivity index (χ1) is 9.29. The number of H-pyrrole nitrogens is 1. The first-order valence-electron chi connectivity index (χ1n) is 7.05. The Balaban J connectivity index is 1.89. The van der Waals surface area contributed by atoms with E-state index in [0.29, 0.717) is 0 Å². The highest BCUT2D eigenvalue weighted by molar-refractivity contribution is 9.10. The molecule has 2 nitrogen and oxygen atoms in total. The predicted octanol–water partition coefficient (Wildman–Crippen LogP) is 4.89. The van der Waals surface area contributed by atoms with E-state index >= 15 is 0 Å². The van der Waals surface area contributed by atoms with Gasteiger partial charge in [0.05, 0.1) is 0 Å². The zero-order valence-corrected chi connectivity index (χ0v) is 13.0. The van der Waals surface area contributed by atoms with Crippen molar-refractivity contribution in [2.45, 2.75) is 45.4 Å². The van der Waals surface area contributed by atoms with Crippen LogP contribution in [-0.2, 0) is 12.8 Å². The number of nitrogens with zero attached hydrogens (tertiary/aromatic N) is 1. The summed E-state index contributed by atoms with van der Waals surface area (Å²) in [6.45, 7) is 2.24. The van der Waals surface area contributed by atoms with Crippen LogP contribution in [0.1, 0.15) is 49.7 Å². The molecule has 2 rings (SSSR count). The standard InChI is InChI=1S/C16H21BrN2/c1-2-3-4-5-9-14-12-18-16(19-14)11-13-8-6-7-10-15(13)17/h6-8,10,12H,2-5,9,11H2,1H3,(H,18,19). The predicted molar refractivity (Wildman–Crippen MR) is 83.4 cm³/mol. The second-order valence-corrected chi connectivity index (χ2v) is 5.79. The van der Waals surface area contributed by atoms with E-state index in [1.165, 1.54) is 36.9 Å². The van der Waals surface area contributed by atoms with Crippen molar-refractivity contribution in [2.75, 3.05) is 0 Å². The van der Waals surface area contributed by atoms with Crippen molar-refractivity contribution in [3.8, 4) is 0 Å². The summed E-state index contributed by atoms with van der Waals surface area (Å²) in [4.78, 5) is 7.91. The van der Waals surface area contributed by atoms with Crippen LogP contribution in [0.3, 0.4) is 0 Å². The normalized spacial score (nSPS) is 10.8. The molecular weight excluding hydrogens is 300 g/mol. The van der Waals surface area contributed by atoms with Gasteiger partial charge in [0.25, 0.3) is 0 Å². The minimum absolute atomic E-state index is 0.858. The summed E-state index contributed by atoms with van der Waals surface area (Å²) in [5, 5.41) is 0. The van der Waals surface area contributed by atoms with Gasteiger partial charge < -0.3 is 4.98 Å². The Morgan fingerprint density at radius 3 is 2.79 bits per heavy atom. The lowest BCUT2D eigenvalue weighted by molar-refractivity contribution is 0.661. The first kappa shape index (κ1) is 14.3. The minimum atomic E-state index is 0.858. The Kier molecular flexibility index (Phi) is 5.64. The summed E-state index contributed by atoms with van der Waals surface area (Å²) in [5.41, 5.74) is 2.53. The Morgan fingerprint density at radius 1 is 1.16 bits per heavy atom. The molecule has 0 atom stereocenters. The van der Waals surface area contributed by atoms with Gasteiger partial charge in [-0.25, -0.2) is 4.98 Å². The molecule has 102 valence electrons. The molecule has 0 saturated heterocycles. The lowest BCUT2D eigenvalue weighted by atomic mass is 10.1. The van der Waals surface area contributed by atoms with E-state index < -0.39 is 0 Å². The quantitative estimate of drug-likeness (QED) is 0.723. The fourth-order valence-electron chi connectivity index (χ4n) is 2.19. The fraction of sp³-hybridized carbons (Fsp3) is 0.438. The third-order valence-electron chi connectivity index (χ3n) is 3.30. The van der Waals surface area contributed by atoms with Gasteiger partial charge >= 0.3 is 0 Å². The number of rotatable bonds is 7. The summed E-state index contributed by atoms with van der Waals surface area (Å²) in [6.07, 6.45) is 9.14. The van der Waals surface area contributed by atoms with Crippen LogP contribution in [0.4, 0.5) is 0 Å². The highest BCUT2D eigenvalue weighted by Gasteiger charge is 2.04. The van der Waals surface area contributed by atoms with E-state index in [-0.39, 0.29) is 0 Å². The minimum Gasteiger partial charge on any atom is -0.346 e. The van der Waals surface area contributed by atoms with Gasteiger partial charge in [0.2, 0.25) is 0 Å². The Morgan fingerprint density at radius 2 is 2.00 bits per heavy atom. The van der Waals surface area contributed by atoms with Crippen molar-refractivity contribution in [3.05, 3.63) is 52.0 Å². The Bertz CT molecular complexity index is 505. The number of aromatic amines is 1. The summed E-state index contributed by atoms with van der Waals surface area (Å²) in [5.74, 6) is 1.05. The number of nitrogens with one attached hydrogen (secondary N) is 1. The molecule has 1 aromatic heterocycles. The van der Waals surface area contributed by atoms with Crippen LogP contribution >= 0.6 is 15.9 Å². The third kappa shape index (κ3) is 4.50. The molecule has 0 aliphatic heterocycles. The van der Waals surface area contributed by atoms with Crippen LogP contribution in [-0.4, -0.2) is 9.97 Å². The largest absolute Gasteiger partial charge is 0.346 e. The number of hydrogen-bond acceptors (Lipinski definition) is 1. The zero-order chi connectivity index (χ0) is 13.5. The van der Waals surface area contributed by atoms with Gasteiger partial charge in [0.15, 0.2) is 0 Å². The lowest BCUT2D eigenvalue weighted by Gasteiger charge is -2.01. The van der Waals surface area contributed by atoms with Gasteiger partial charge in [0.1, 0.15) is 5.82 Å². The highest BCUT2D eigenvalue weighted by Crippen LogP contribution is 2.18. The molecule has 0 spiro atoms. The van der Waals surface area contributed by atoms with Crippen LogP contribution in [0.25, 0.3) is 0 Å². The van der Waals surface area contributed by atoms with Crippen molar-refractivity contribution >= 4 is 15.9 Å². The van der Waals surface area contributed by atoms with E-state index in [9.17, 15) is 0 Å². The summed E-state index contributed by atoms with van der Waals surface area (Å²) < 4.78 is 1.15. The summed E-state index contributed by atoms with van der Waals surface area (Å²) in [6, 6.07) is 8.31. The molecule has 1 aromatic carbocycles. The van der Waals surface area contributed by atoms with Gasteiger partial charge in [-0.15, -0.1) is 0 Å². The van der Waals surface area contributed by atoms with E-state index in [2.05, 4.69) is 51.0 Å². The molecule has 0 fully saturated rings. The van der Waals surface area contributed by atoms with Gasteiger partial charge in [-0.05, 0) is 24.5 Å². The van der Waals surface area contributed by atoms with Crippen LogP contribution in [0.5, 0.6) is 0 Å². The molecule has 0 radical (unpaired) electrons. The van der Waals surface area contributed by atoms with Crippen molar-refractivity contribution in [2.24, 2.45) is 0 Å². The van der Waals surface area contributed by atoms with E-state index in [4.69, 9.17) is 0 Å². The molecule has 1 heterocycles. The fourth-order valence-corrected chi connectivity index (χ4v) is 2.61. The maximum Gasteiger partial charge on any atom is 0.110 e. The van der Waals surface area contributed by atoms with Crippen LogP contribution in [0, 0.1) is 0 Å². The number of benzene rings is 1. The maximum absolute atomic E-state index is 4.48. The van der Waals surface area contributed by atoms with Crippen molar-refractivity contribution < 1.29 is 0 Å². The molecule has 0 aliphatic carbocycles. The molecule has 0 saturated carbocycles. The molecule has 0 bridgehead atoms. The number of aromatic nitrogens is 2. The number of imidazole rings is 1. The number of halogens is 1. The molecule has 0 unspecified atom stereocenters. The smallest absolute Gasteiger partial charge is 0.110 e. The van der Waals surface area contributed by atoms with Gasteiger partial charge in [-0.2, -0.15) is 0 Å². The van der Waals surface area contributed by atoms with Crippen LogP contribution in [0.2, 0.25) is 0 Å². The summed E-state index contributed by atoms with van der Waals surface area (Å²) >= 11 is 3.58. The summed E-state index contributed by atoms with van der Waals surface area (Å²) in [7, 11) is 0. The average Bonchev–Trinajstić information content (AvgIpc) is 2.85. The van der Waals surface area contributed by atoms with Crippen molar-refractivity contribution in [1.29, 1.82) is 0 Å². The maximum atomic E-state index is 4.48. The molecular formula is C16H21BrN2. The number of hydrogen-bond donors (Lipinski definition) is 1. The van der Waals surface area contributed by atoms with Gasteiger partial charge in [-0.3, -0.25) is 0 Å². The van der Waals surface area contributed by atoms with E-state index in [1.807, 2.05) is 12.3 Å². The third-order valence-corrected chi connectivity index (χ3v) is 4.07. The molecule has 19 heavy (non-hydrogen) atoms. The Hall–Kier alpha value is -1.09. The molecule has 1 N–H and O–H groups in total. The van der Waals surface area contributed by atoms with Gasteiger partial charge in [0, 0.05) is 22.8 Å². The molecule has 0 amide bonds. The zero-order valence-electron chi connectivity index (χ0n) is 11.5. The van der Waals surface area contributed by atoms with E-state index in [1.54, 1.807) is 0 Å². The molecule has 0 aliphatic rings. The molecule has 2 aromatic rings. The van der Waals surface area contributed by atoms with Gasteiger partial charge in [-0.1, -0.05) is 60.3 Å². The topological polar surface area (TPSA) is 28.7 Å². The number of aryl methyl sites for hydroxylation is 1. The second-order valence-electron chi connectivity index (χ2n) is 4.93. The van der Waals surface area contributed by atoms with Crippen LogP contribution in [0.15, 0.2) is 34.9 Å². The van der Waals surface area contributed by atoms with Crippen LogP contribution < -0.4 is 0 Å². The Labute approximate surface area is 123 Å². The second kappa shape index (κ2) is 7.49. The monoisotopic (exact) mass is 320 g/mol. The SMILES string of the molecule is CCCCCCc1cnc(Cc2ccccc2Br)[nH]1. The van der Waals surface area contributed by atoms with Crippen molar-refractivity contribution in [1.82, 2.24) is 9.97 Å². The highest BCUT2D eigenvalue weighted by atomic mass is 79.9. The average molecular weight is 321 g/mol. The first-order valence-corrected chi connectivity index (χ1v) is 7.85.